The molecule has 0 aliphatic rings. The Morgan fingerprint density at radius 1 is 1.07 bits per heavy atom. The largest absolute Gasteiger partial charge is 0.497 e. The molecule has 0 heterocycles. The third-order valence-electron chi connectivity index (χ3n) is 4.48. The summed E-state index contributed by atoms with van der Waals surface area (Å²) in [6.07, 6.45) is 2.59. The van der Waals surface area contributed by atoms with Crippen molar-refractivity contribution >= 4 is 27.3 Å². The summed E-state index contributed by atoms with van der Waals surface area (Å²) in [5.41, 5.74) is 2.24. The van der Waals surface area contributed by atoms with Crippen LogP contribution in [0.15, 0.2) is 42.5 Å². The smallest absolute Gasteiger partial charge is 0.232 e. The van der Waals surface area contributed by atoms with Crippen LogP contribution in [-0.4, -0.2) is 41.3 Å². The van der Waals surface area contributed by atoms with Gasteiger partial charge in [0.25, 0.3) is 0 Å². The van der Waals surface area contributed by atoms with Crippen molar-refractivity contribution in [2.24, 2.45) is 0 Å². The second-order valence-electron chi connectivity index (χ2n) is 6.57. The number of ether oxygens (including phenoxy) is 2. The number of rotatable bonds is 10. The number of sulfonamides is 1. The van der Waals surface area contributed by atoms with Crippen molar-refractivity contribution in [1.82, 2.24) is 0 Å². The fraction of sp³-hybridized carbons (Fsp3) is 0.381. The number of anilines is 2. The molecule has 158 valence electrons. The fourth-order valence-electron chi connectivity index (χ4n) is 2.89. The molecule has 1 amide bonds. The second-order valence-corrected chi connectivity index (χ2v) is 8.48. The maximum absolute atomic E-state index is 12.4. The highest BCUT2D eigenvalue weighted by Crippen LogP contribution is 2.29. The predicted molar refractivity (Wildman–Crippen MR) is 115 cm³/mol. The molecule has 0 bridgehead atoms. The Labute approximate surface area is 172 Å². The van der Waals surface area contributed by atoms with Crippen molar-refractivity contribution in [3.8, 4) is 11.5 Å². The average molecular weight is 421 g/mol. The Morgan fingerprint density at radius 3 is 2.31 bits per heavy atom. The molecule has 0 fully saturated rings. The summed E-state index contributed by atoms with van der Waals surface area (Å²) < 4.78 is 36.2. The van der Waals surface area contributed by atoms with Crippen LogP contribution >= 0.6 is 0 Å². The van der Waals surface area contributed by atoms with Gasteiger partial charge in [-0.15, -0.1) is 0 Å². The molecule has 7 nitrogen and oxygen atoms in total. The number of methoxy groups -OCH3 is 2. The van der Waals surface area contributed by atoms with Gasteiger partial charge in [0.1, 0.15) is 11.5 Å². The summed E-state index contributed by atoms with van der Waals surface area (Å²) in [4.78, 5) is 12.4. The van der Waals surface area contributed by atoms with Crippen molar-refractivity contribution in [2.75, 3.05) is 36.6 Å². The molecule has 0 aliphatic heterocycles. The topological polar surface area (TPSA) is 84.9 Å². The molecule has 2 rings (SSSR count). The van der Waals surface area contributed by atoms with Crippen LogP contribution < -0.4 is 19.1 Å². The number of hydrogen-bond donors (Lipinski definition) is 1. The van der Waals surface area contributed by atoms with Crippen LogP contribution in [0.5, 0.6) is 11.5 Å². The molecule has 0 aromatic heterocycles. The number of benzene rings is 2. The van der Waals surface area contributed by atoms with Crippen molar-refractivity contribution < 1.29 is 22.7 Å². The highest BCUT2D eigenvalue weighted by Gasteiger charge is 2.18. The third-order valence-corrected chi connectivity index (χ3v) is 5.67. The van der Waals surface area contributed by atoms with Crippen molar-refractivity contribution in [3.63, 3.8) is 0 Å². The Balaban J connectivity index is 2.01. The number of nitrogens with one attached hydrogen (secondary N) is 1. The van der Waals surface area contributed by atoms with E-state index in [2.05, 4.69) is 5.32 Å². The van der Waals surface area contributed by atoms with Crippen LogP contribution in [0.2, 0.25) is 0 Å². The zero-order valence-corrected chi connectivity index (χ0v) is 18.1. The minimum absolute atomic E-state index is 0.166. The van der Waals surface area contributed by atoms with Gasteiger partial charge < -0.3 is 14.8 Å². The van der Waals surface area contributed by atoms with Gasteiger partial charge in [-0.3, -0.25) is 9.10 Å². The summed E-state index contributed by atoms with van der Waals surface area (Å²) in [6.45, 7) is 2.26. The van der Waals surface area contributed by atoms with Gasteiger partial charge in [-0.1, -0.05) is 19.1 Å². The van der Waals surface area contributed by atoms with Gasteiger partial charge in [0.15, 0.2) is 0 Å². The maximum atomic E-state index is 12.4. The molecular formula is C21H28N2O5S. The number of hydrogen-bond acceptors (Lipinski definition) is 5. The summed E-state index contributed by atoms with van der Waals surface area (Å²) in [5, 5.41) is 2.79. The Bertz CT molecular complexity index is 927. The Kier molecular flexibility index (Phi) is 7.90. The molecule has 0 saturated heterocycles. The molecular weight excluding hydrogens is 392 g/mol. The number of nitrogens with zero attached hydrogens (tertiary/aromatic N) is 1. The predicted octanol–water partition coefficient (Wildman–Crippen LogP) is 3.45. The lowest BCUT2D eigenvalue weighted by Crippen LogP contribution is -2.31. The van der Waals surface area contributed by atoms with Crippen LogP contribution in [0.1, 0.15) is 25.3 Å². The summed E-state index contributed by atoms with van der Waals surface area (Å²) in [6, 6.07) is 12.5. The quantitative estimate of drug-likeness (QED) is 0.636. The van der Waals surface area contributed by atoms with Gasteiger partial charge in [0.05, 0.1) is 31.9 Å². The van der Waals surface area contributed by atoms with Gasteiger partial charge >= 0.3 is 0 Å². The first kappa shape index (κ1) is 22.5. The average Bonchev–Trinajstić information content (AvgIpc) is 2.70. The minimum atomic E-state index is -3.45. The molecule has 29 heavy (non-hydrogen) atoms. The lowest BCUT2D eigenvalue weighted by molar-refractivity contribution is -0.116. The molecule has 8 heteroatoms. The van der Waals surface area contributed by atoms with E-state index in [0.717, 1.165) is 12.0 Å². The van der Waals surface area contributed by atoms with Crippen molar-refractivity contribution in [2.45, 2.75) is 26.2 Å². The van der Waals surface area contributed by atoms with E-state index < -0.39 is 10.0 Å². The zero-order valence-electron chi connectivity index (χ0n) is 17.3. The third kappa shape index (κ3) is 6.39. The number of amides is 1. The van der Waals surface area contributed by atoms with Crippen LogP contribution in [0.4, 0.5) is 11.4 Å². The number of carbonyl (C=O) groups excluding carboxylic acids is 1. The highest BCUT2D eigenvalue weighted by atomic mass is 32.2. The summed E-state index contributed by atoms with van der Waals surface area (Å²) >= 11 is 0. The molecule has 0 radical (unpaired) electrons. The normalized spacial score (nSPS) is 11.0. The van der Waals surface area contributed by atoms with E-state index in [-0.39, 0.29) is 18.9 Å². The van der Waals surface area contributed by atoms with E-state index in [1.54, 1.807) is 37.4 Å². The highest BCUT2D eigenvalue weighted by molar-refractivity contribution is 7.92. The SMILES string of the molecule is CCc1ccc(N(CCCC(=O)Nc2cc(OC)ccc2OC)S(C)(=O)=O)cc1. The van der Waals surface area contributed by atoms with Crippen LogP contribution in [0.3, 0.4) is 0 Å². The van der Waals surface area contributed by atoms with Gasteiger partial charge in [-0.05, 0) is 42.7 Å². The number of carbonyl (C=O) groups is 1. The molecule has 0 spiro atoms. The lowest BCUT2D eigenvalue weighted by Gasteiger charge is -2.22. The molecule has 1 N–H and O–H groups in total. The first-order chi connectivity index (χ1) is 13.8. The van der Waals surface area contributed by atoms with Crippen LogP contribution in [0.25, 0.3) is 0 Å². The van der Waals surface area contributed by atoms with Gasteiger partial charge in [-0.2, -0.15) is 0 Å². The molecule has 0 unspecified atom stereocenters. The van der Waals surface area contributed by atoms with Gasteiger partial charge in [-0.25, -0.2) is 8.42 Å². The Hall–Kier alpha value is -2.74. The van der Waals surface area contributed by atoms with E-state index in [1.165, 1.54) is 17.7 Å². The molecule has 0 aliphatic carbocycles. The fourth-order valence-corrected chi connectivity index (χ4v) is 3.86. The molecule has 2 aromatic rings. The van der Waals surface area contributed by atoms with Crippen molar-refractivity contribution in [1.29, 1.82) is 0 Å². The maximum Gasteiger partial charge on any atom is 0.232 e. The molecule has 2 aromatic carbocycles. The van der Waals surface area contributed by atoms with E-state index in [4.69, 9.17) is 9.47 Å². The van der Waals surface area contributed by atoms with Crippen LogP contribution in [0, 0.1) is 0 Å². The van der Waals surface area contributed by atoms with E-state index in [9.17, 15) is 13.2 Å². The van der Waals surface area contributed by atoms with Gasteiger partial charge in [0.2, 0.25) is 15.9 Å². The summed E-state index contributed by atoms with van der Waals surface area (Å²) in [5.74, 6) is 0.888. The molecule has 0 atom stereocenters. The Morgan fingerprint density at radius 2 is 1.76 bits per heavy atom. The first-order valence-electron chi connectivity index (χ1n) is 9.37. The van der Waals surface area contributed by atoms with Gasteiger partial charge in [0, 0.05) is 19.0 Å². The minimum Gasteiger partial charge on any atom is -0.497 e. The number of aryl methyl sites for hydroxylation is 1. The van der Waals surface area contributed by atoms with E-state index in [1.807, 2.05) is 19.1 Å². The van der Waals surface area contributed by atoms with Crippen molar-refractivity contribution in [3.05, 3.63) is 48.0 Å². The lowest BCUT2D eigenvalue weighted by atomic mass is 10.1. The van der Waals surface area contributed by atoms with E-state index >= 15 is 0 Å². The summed E-state index contributed by atoms with van der Waals surface area (Å²) in [7, 11) is -0.388. The van der Waals surface area contributed by atoms with E-state index in [0.29, 0.717) is 29.3 Å². The zero-order chi connectivity index (χ0) is 21.4. The molecule has 0 saturated carbocycles. The van der Waals surface area contributed by atoms with Crippen LogP contribution in [-0.2, 0) is 21.2 Å². The standard InChI is InChI=1S/C21H28N2O5S/c1-5-16-8-10-17(11-9-16)23(29(4,25)26)14-6-7-21(24)22-19-15-18(27-2)12-13-20(19)28-3/h8-13,15H,5-7,14H2,1-4H3,(H,22,24). The second kappa shape index (κ2) is 10.2. The first-order valence-corrected chi connectivity index (χ1v) is 11.2. The monoisotopic (exact) mass is 420 g/mol.